The number of ether oxygens (including phenoxy) is 1. The summed E-state index contributed by atoms with van der Waals surface area (Å²) < 4.78 is 5.14. The van der Waals surface area contributed by atoms with Gasteiger partial charge < -0.3 is 9.64 Å². The first-order chi connectivity index (χ1) is 11.6. The minimum absolute atomic E-state index is 0.0956. The standard InChI is InChI=1S/C18H23N3O2S/c1-13-14(2)24-17(19-13)12-20-8-10-21(11-9-20)18(22)15-4-6-16(23-3)7-5-15/h4-7H,8-12H2,1-3H3. The molecule has 0 saturated carbocycles. The minimum Gasteiger partial charge on any atom is -0.497 e. The largest absolute Gasteiger partial charge is 0.497 e. The van der Waals surface area contributed by atoms with Crippen LogP contribution >= 0.6 is 11.3 Å². The van der Waals surface area contributed by atoms with E-state index in [0.29, 0.717) is 0 Å². The number of piperazine rings is 1. The number of hydrogen-bond donors (Lipinski definition) is 0. The third-order valence-corrected chi connectivity index (χ3v) is 5.49. The van der Waals surface area contributed by atoms with Gasteiger partial charge in [0.05, 0.1) is 19.3 Å². The molecule has 6 heteroatoms. The van der Waals surface area contributed by atoms with Crippen LogP contribution in [0.15, 0.2) is 24.3 Å². The van der Waals surface area contributed by atoms with Crippen LogP contribution < -0.4 is 4.74 Å². The molecule has 0 radical (unpaired) electrons. The zero-order chi connectivity index (χ0) is 17.1. The van der Waals surface area contributed by atoms with Crippen molar-refractivity contribution in [3.63, 3.8) is 0 Å². The van der Waals surface area contributed by atoms with Gasteiger partial charge in [0.15, 0.2) is 0 Å². The third kappa shape index (κ3) is 3.76. The minimum atomic E-state index is 0.0956. The lowest BCUT2D eigenvalue weighted by molar-refractivity contribution is 0.0628. The number of methoxy groups -OCH3 is 1. The summed E-state index contributed by atoms with van der Waals surface area (Å²) in [7, 11) is 1.63. The summed E-state index contributed by atoms with van der Waals surface area (Å²) in [5.74, 6) is 0.864. The normalized spacial score (nSPS) is 15.5. The number of aryl methyl sites for hydroxylation is 2. The molecule has 3 rings (SSSR count). The Hall–Kier alpha value is -1.92. The highest BCUT2D eigenvalue weighted by Crippen LogP contribution is 2.19. The number of benzene rings is 1. The monoisotopic (exact) mass is 345 g/mol. The molecule has 1 aromatic heterocycles. The predicted molar refractivity (Wildman–Crippen MR) is 95.8 cm³/mol. The molecule has 2 aromatic rings. The van der Waals surface area contributed by atoms with Crippen LogP contribution in [0.25, 0.3) is 0 Å². The number of thiazole rings is 1. The Bertz CT molecular complexity index is 684. The summed E-state index contributed by atoms with van der Waals surface area (Å²) in [6.07, 6.45) is 0. The van der Waals surface area contributed by atoms with Crippen LogP contribution in [0.4, 0.5) is 0 Å². The van der Waals surface area contributed by atoms with Gasteiger partial charge in [-0.3, -0.25) is 9.69 Å². The maximum Gasteiger partial charge on any atom is 0.253 e. The van der Waals surface area contributed by atoms with Gasteiger partial charge in [0.25, 0.3) is 5.91 Å². The SMILES string of the molecule is COc1ccc(C(=O)N2CCN(Cc3nc(C)c(C)s3)CC2)cc1. The number of carbonyl (C=O) groups excluding carboxylic acids is 1. The van der Waals surface area contributed by atoms with Gasteiger partial charge in [-0.05, 0) is 38.1 Å². The molecule has 1 aromatic carbocycles. The lowest BCUT2D eigenvalue weighted by Gasteiger charge is -2.34. The van der Waals surface area contributed by atoms with E-state index in [1.54, 1.807) is 18.4 Å². The summed E-state index contributed by atoms with van der Waals surface area (Å²) in [6.45, 7) is 8.34. The van der Waals surface area contributed by atoms with Crippen LogP contribution in [-0.2, 0) is 6.54 Å². The lowest BCUT2D eigenvalue weighted by Crippen LogP contribution is -2.48. The smallest absolute Gasteiger partial charge is 0.253 e. The second-order valence-corrected chi connectivity index (χ2v) is 7.33. The third-order valence-electron chi connectivity index (χ3n) is 4.43. The average molecular weight is 345 g/mol. The number of aromatic nitrogens is 1. The maximum absolute atomic E-state index is 12.6. The summed E-state index contributed by atoms with van der Waals surface area (Å²) >= 11 is 1.77. The molecule has 1 aliphatic heterocycles. The van der Waals surface area contributed by atoms with Crippen molar-refractivity contribution in [1.82, 2.24) is 14.8 Å². The van der Waals surface area contributed by atoms with Crippen molar-refractivity contribution in [3.8, 4) is 5.75 Å². The van der Waals surface area contributed by atoms with Gasteiger partial charge >= 0.3 is 0 Å². The summed E-state index contributed by atoms with van der Waals surface area (Å²) in [5, 5.41) is 1.17. The van der Waals surface area contributed by atoms with Crippen molar-refractivity contribution in [2.75, 3.05) is 33.3 Å². The van der Waals surface area contributed by atoms with Crippen molar-refractivity contribution in [2.45, 2.75) is 20.4 Å². The second-order valence-electron chi connectivity index (χ2n) is 6.05. The molecular formula is C18H23N3O2S. The summed E-state index contributed by atoms with van der Waals surface area (Å²) in [4.78, 5) is 22.8. The van der Waals surface area contributed by atoms with Gasteiger partial charge in [-0.15, -0.1) is 11.3 Å². The average Bonchev–Trinajstić information content (AvgIpc) is 2.92. The second kappa shape index (κ2) is 7.32. The fourth-order valence-electron chi connectivity index (χ4n) is 2.82. The topological polar surface area (TPSA) is 45.7 Å². The quantitative estimate of drug-likeness (QED) is 0.855. The Labute approximate surface area is 146 Å². The van der Waals surface area contributed by atoms with Crippen LogP contribution in [0.2, 0.25) is 0 Å². The fraction of sp³-hybridized carbons (Fsp3) is 0.444. The number of amides is 1. The maximum atomic E-state index is 12.6. The van der Waals surface area contributed by atoms with E-state index in [4.69, 9.17) is 4.74 Å². The molecule has 0 atom stereocenters. The molecule has 0 bridgehead atoms. The Balaban J connectivity index is 1.54. The van der Waals surface area contributed by atoms with Crippen LogP contribution in [-0.4, -0.2) is 54.0 Å². The first-order valence-corrected chi connectivity index (χ1v) is 8.97. The van der Waals surface area contributed by atoms with E-state index in [2.05, 4.69) is 23.7 Å². The number of rotatable bonds is 4. The number of carbonyl (C=O) groups is 1. The molecule has 1 aliphatic rings. The number of nitrogens with zero attached hydrogens (tertiary/aromatic N) is 3. The Morgan fingerprint density at radius 2 is 1.83 bits per heavy atom. The van der Waals surface area contributed by atoms with Crippen molar-refractivity contribution in [3.05, 3.63) is 45.4 Å². The lowest BCUT2D eigenvalue weighted by atomic mass is 10.1. The highest BCUT2D eigenvalue weighted by Gasteiger charge is 2.22. The number of hydrogen-bond acceptors (Lipinski definition) is 5. The van der Waals surface area contributed by atoms with E-state index < -0.39 is 0 Å². The van der Waals surface area contributed by atoms with E-state index in [0.717, 1.165) is 49.7 Å². The summed E-state index contributed by atoms with van der Waals surface area (Å²) in [6, 6.07) is 7.32. The van der Waals surface area contributed by atoms with E-state index in [1.807, 2.05) is 29.2 Å². The zero-order valence-electron chi connectivity index (χ0n) is 14.4. The van der Waals surface area contributed by atoms with Gasteiger partial charge in [0, 0.05) is 36.6 Å². The van der Waals surface area contributed by atoms with Gasteiger partial charge in [-0.25, -0.2) is 4.98 Å². The molecule has 2 heterocycles. The van der Waals surface area contributed by atoms with Gasteiger partial charge in [0.2, 0.25) is 0 Å². The Morgan fingerprint density at radius 1 is 1.17 bits per heavy atom. The molecule has 5 nitrogen and oxygen atoms in total. The van der Waals surface area contributed by atoms with Crippen LogP contribution in [0.3, 0.4) is 0 Å². The van der Waals surface area contributed by atoms with Gasteiger partial charge in [0.1, 0.15) is 10.8 Å². The van der Waals surface area contributed by atoms with E-state index >= 15 is 0 Å². The van der Waals surface area contributed by atoms with Gasteiger partial charge in [-0.2, -0.15) is 0 Å². The van der Waals surface area contributed by atoms with Crippen molar-refractivity contribution >= 4 is 17.2 Å². The molecule has 0 spiro atoms. The Morgan fingerprint density at radius 3 is 2.38 bits per heavy atom. The predicted octanol–water partition coefficient (Wildman–Crippen LogP) is 2.73. The zero-order valence-corrected chi connectivity index (χ0v) is 15.2. The molecule has 1 fully saturated rings. The molecule has 0 N–H and O–H groups in total. The van der Waals surface area contributed by atoms with Crippen molar-refractivity contribution in [1.29, 1.82) is 0 Å². The molecule has 24 heavy (non-hydrogen) atoms. The van der Waals surface area contributed by atoms with Crippen molar-refractivity contribution in [2.24, 2.45) is 0 Å². The first-order valence-electron chi connectivity index (χ1n) is 8.15. The molecular weight excluding hydrogens is 322 g/mol. The molecule has 1 saturated heterocycles. The highest BCUT2D eigenvalue weighted by molar-refractivity contribution is 7.11. The van der Waals surface area contributed by atoms with Gasteiger partial charge in [-0.1, -0.05) is 0 Å². The molecule has 0 unspecified atom stereocenters. The van der Waals surface area contributed by atoms with Crippen molar-refractivity contribution < 1.29 is 9.53 Å². The summed E-state index contributed by atoms with van der Waals surface area (Å²) in [5.41, 5.74) is 1.85. The Kier molecular flexibility index (Phi) is 5.16. The molecule has 0 aliphatic carbocycles. The first kappa shape index (κ1) is 16.9. The molecule has 1 amide bonds. The van der Waals surface area contributed by atoms with Crippen LogP contribution in [0, 0.1) is 13.8 Å². The van der Waals surface area contributed by atoms with E-state index in [9.17, 15) is 4.79 Å². The van der Waals surface area contributed by atoms with Crippen LogP contribution in [0.5, 0.6) is 5.75 Å². The fourth-order valence-corrected chi connectivity index (χ4v) is 3.80. The van der Waals surface area contributed by atoms with E-state index in [-0.39, 0.29) is 5.91 Å². The van der Waals surface area contributed by atoms with E-state index in [1.165, 1.54) is 9.88 Å². The molecule has 128 valence electrons. The van der Waals surface area contributed by atoms with Crippen LogP contribution in [0.1, 0.15) is 25.9 Å². The highest BCUT2D eigenvalue weighted by atomic mass is 32.1.